The molecule has 2 fully saturated rings. The Morgan fingerprint density at radius 3 is 2.12 bits per heavy atom. The van der Waals surface area contributed by atoms with E-state index in [2.05, 4.69) is 4.90 Å². The van der Waals surface area contributed by atoms with E-state index in [4.69, 9.17) is 0 Å². The zero-order valence-corrected chi connectivity index (χ0v) is 10.5. The van der Waals surface area contributed by atoms with E-state index in [0.29, 0.717) is 6.04 Å². The first-order valence-electron chi connectivity index (χ1n) is 6.81. The molecule has 3 heteroatoms. The normalized spacial score (nSPS) is 23.2. The minimum absolute atomic E-state index is 0.272. The van der Waals surface area contributed by atoms with Gasteiger partial charge in [-0.1, -0.05) is 25.7 Å². The molecule has 1 aliphatic heterocycles. The average molecular weight is 224 g/mol. The molecule has 0 atom stereocenters. The van der Waals surface area contributed by atoms with Crippen molar-refractivity contribution < 1.29 is 4.79 Å². The van der Waals surface area contributed by atoms with E-state index in [0.717, 1.165) is 13.1 Å². The zero-order chi connectivity index (χ0) is 11.4. The molecular weight excluding hydrogens is 200 g/mol. The van der Waals surface area contributed by atoms with Crippen LogP contribution in [0.25, 0.3) is 0 Å². The Labute approximate surface area is 98.8 Å². The molecular formula is C13H24N2O. The van der Waals surface area contributed by atoms with E-state index in [1.165, 1.54) is 51.4 Å². The molecule has 0 unspecified atom stereocenters. The predicted octanol–water partition coefficient (Wildman–Crippen LogP) is 2.86. The van der Waals surface area contributed by atoms with Gasteiger partial charge in [0.15, 0.2) is 0 Å². The summed E-state index contributed by atoms with van der Waals surface area (Å²) in [5, 5.41) is 0. The maximum absolute atomic E-state index is 12.3. The molecule has 2 aliphatic rings. The number of carbonyl (C=O) groups excluding carboxylic acids is 1. The maximum atomic E-state index is 12.3. The van der Waals surface area contributed by atoms with Crippen LogP contribution < -0.4 is 0 Å². The summed E-state index contributed by atoms with van der Waals surface area (Å²) in [5.41, 5.74) is 0. The van der Waals surface area contributed by atoms with Crippen molar-refractivity contribution in [3.8, 4) is 0 Å². The number of carbonyl (C=O) groups is 1. The zero-order valence-electron chi connectivity index (χ0n) is 10.5. The Kier molecular flexibility index (Phi) is 4.08. The Morgan fingerprint density at radius 1 is 1.00 bits per heavy atom. The molecule has 0 radical (unpaired) electrons. The van der Waals surface area contributed by atoms with Gasteiger partial charge in [-0.3, -0.25) is 0 Å². The number of amides is 2. The third kappa shape index (κ3) is 2.69. The van der Waals surface area contributed by atoms with Gasteiger partial charge in [0.1, 0.15) is 0 Å². The van der Waals surface area contributed by atoms with Crippen LogP contribution in [0, 0.1) is 0 Å². The first kappa shape index (κ1) is 11.7. The predicted molar refractivity (Wildman–Crippen MR) is 65.5 cm³/mol. The molecule has 1 saturated carbocycles. The van der Waals surface area contributed by atoms with E-state index < -0.39 is 0 Å². The number of hydrogen-bond acceptors (Lipinski definition) is 1. The lowest BCUT2D eigenvalue weighted by atomic mass is 10.2. The standard InChI is InChI=1S/C13H24N2O/c1-14(12-8-4-5-9-12)13(16)15-10-6-2-3-7-11-15/h12H,2-11H2,1H3. The van der Waals surface area contributed by atoms with Crippen molar-refractivity contribution in [2.24, 2.45) is 0 Å². The van der Waals surface area contributed by atoms with Gasteiger partial charge in [-0.25, -0.2) is 4.79 Å². The van der Waals surface area contributed by atoms with Crippen LogP contribution in [-0.2, 0) is 0 Å². The molecule has 0 aromatic carbocycles. The second-order valence-corrected chi connectivity index (χ2v) is 5.23. The summed E-state index contributed by atoms with van der Waals surface area (Å²) in [4.78, 5) is 16.3. The molecule has 3 nitrogen and oxygen atoms in total. The Morgan fingerprint density at radius 2 is 1.56 bits per heavy atom. The molecule has 2 rings (SSSR count). The fraction of sp³-hybridized carbons (Fsp3) is 0.923. The number of likely N-dealkylation sites (tertiary alicyclic amines) is 1. The number of hydrogen-bond donors (Lipinski definition) is 0. The van der Waals surface area contributed by atoms with Crippen LogP contribution in [0.2, 0.25) is 0 Å². The molecule has 92 valence electrons. The summed E-state index contributed by atoms with van der Waals surface area (Å²) in [7, 11) is 1.99. The second-order valence-electron chi connectivity index (χ2n) is 5.23. The summed E-state index contributed by atoms with van der Waals surface area (Å²) in [6.07, 6.45) is 9.94. The van der Waals surface area contributed by atoms with Crippen molar-refractivity contribution in [3.63, 3.8) is 0 Å². The minimum atomic E-state index is 0.272. The van der Waals surface area contributed by atoms with Gasteiger partial charge in [0.25, 0.3) is 0 Å². The third-order valence-electron chi connectivity index (χ3n) is 4.05. The number of rotatable bonds is 1. The van der Waals surface area contributed by atoms with Crippen LogP contribution in [0.4, 0.5) is 4.79 Å². The highest BCUT2D eigenvalue weighted by molar-refractivity contribution is 5.74. The van der Waals surface area contributed by atoms with E-state index in [1.54, 1.807) is 0 Å². The molecule has 0 spiro atoms. The van der Waals surface area contributed by atoms with E-state index >= 15 is 0 Å². The van der Waals surface area contributed by atoms with Crippen LogP contribution in [0.3, 0.4) is 0 Å². The highest BCUT2D eigenvalue weighted by Gasteiger charge is 2.26. The number of nitrogens with zero attached hydrogens (tertiary/aromatic N) is 2. The molecule has 1 heterocycles. The topological polar surface area (TPSA) is 23.6 Å². The van der Waals surface area contributed by atoms with Gasteiger partial charge in [0.05, 0.1) is 0 Å². The average Bonchev–Trinajstić information content (AvgIpc) is 2.70. The fourth-order valence-electron chi connectivity index (χ4n) is 2.93. The third-order valence-corrected chi connectivity index (χ3v) is 4.05. The van der Waals surface area contributed by atoms with Crippen molar-refractivity contribution in [3.05, 3.63) is 0 Å². The highest BCUT2D eigenvalue weighted by Crippen LogP contribution is 2.23. The molecule has 2 amide bonds. The second kappa shape index (κ2) is 5.55. The Balaban J connectivity index is 1.88. The van der Waals surface area contributed by atoms with Crippen LogP contribution in [0.15, 0.2) is 0 Å². The smallest absolute Gasteiger partial charge is 0.319 e. The van der Waals surface area contributed by atoms with Crippen LogP contribution in [-0.4, -0.2) is 42.0 Å². The van der Waals surface area contributed by atoms with E-state index in [9.17, 15) is 4.79 Å². The Bertz CT molecular complexity index is 224. The van der Waals surface area contributed by atoms with Crippen molar-refractivity contribution in [1.29, 1.82) is 0 Å². The fourth-order valence-corrected chi connectivity index (χ4v) is 2.93. The SMILES string of the molecule is CN(C(=O)N1CCCCCC1)C1CCCC1. The molecule has 0 aromatic heterocycles. The molecule has 1 aliphatic carbocycles. The highest BCUT2D eigenvalue weighted by atomic mass is 16.2. The lowest BCUT2D eigenvalue weighted by Crippen LogP contribution is -2.45. The molecule has 1 saturated heterocycles. The summed E-state index contributed by atoms with van der Waals surface area (Å²) in [5.74, 6) is 0. The minimum Gasteiger partial charge on any atom is -0.325 e. The van der Waals surface area contributed by atoms with Crippen molar-refractivity contribution >= 4 is 6.03 Å². The number of urea groups is 1. The lowest BCUT2D eigenvalue weighted by Gasteiger charge is -2.31. The molecule has 0 aromatic rings. The van der Waals surface area contributed by atoms with Crippen molar-refractivity contribution in [2.45, 2.75) is 57.4 Å². The van der Waals surface area contributed by atoms with E-state index in [1.807, 2.05) is 11.9 Å². The van der Waals surface area contributed by atoms with Gasteiger partial charge in [-0.2, -0.15) is 0 Å². The van der Waals surface area contributed by atoms with Crippen LogP contribution >= 0.6 is 0 Å². The summed E-state index contributed by atoms with van der Waals surface area (Å²) in [6, 6.07) is 0.782. The van der Waals surface area contributed by atoms with Crippen molar-refractivity contribution in [2.75, 3.05) is 20.1 Å². The van der Waals surface area contributed by atoms with Gasteiger partial charge in [0.2, 0.25) is 0 Å². The van der Waals surface area contributed by atoms with E-state index in [-0.39, 0.29) is 6.03 Å². The molecule has 16 heavy (non-hydrogen) atoms. The monoisotopic (exact) mass is 224 g/mol. The summed E-state index contributed by atoms with van der Waals surface area (Å²) in [6.45, 7) is 1.94. The van der Waals surface area contributed by atoms with Crippen molar-refractivity contribution in [1.82, 2.24) is 9.80 Å². The maximum Gasteiger partial charge on any atom is 0.319 e. The van der Waals surface area contributed by atoms with Gasteiger partial charge in [-0.15, -0.1) is 0 Å². The van der Waals surface area contributed by atoms with Crippen LogP contribution in [0.5, 0.6) is 0 Å². The lowest BCUT2D eigenvalue weighted by molar-refractivity contribution is 0.148. The quantitative estimate of drug-likeness (QED) is 0.672. The first-order valence-corrected chi connectivity index (χ1v) is 6.81. The summed E-state index contributed by atoms with van der Waals surface area (Å²) >= 11 is 0. The first-order chi connectivity index (χ1) is 7.79. The van der Waals surface area contributed by atoms with Gasteiger partial charge < -0.3 is 9.80 Å². The summed E-state index contributed by atoms with van der Waals surface area (Å²) < 4.78 is 0. The van der Waals surface area contributed by atoms with Crippen LogP contribution in [0.1, 0.15) is 51.4 Å². The Hall–Kier alpha value is -0.730. The van der Waals surface area contributed by atoms with Gasteiger partial charge in [0, 0.05) is 26.2 Å². The van der Waals surface area contributed by atoms with Gasteiger partial charge in [-0.05, 0) is 25.7 Å². The molecule has 0 N–H and O–H groups in total. The largest absolute Gasteiger partial charge is 0.325 e. The molecule has 0 bridgehead atoms. The van der Waals surface area contributed by atoms with Gasteiger partial charge >= 0.3 is 6.03 Å².